The minimum atomic E-state index is -0.00509. The van der Waals surface area contributed by atoms with Gasteiger partial charge < -0.3 is 11.9 Å². The smallest absolute Gasteiger partial charge is 0.124 e. The summed E-state index contributed by atoms with van der Waals surface area (Å²) in [5.41, 5.74) is 6.75. The molecule has 0 fully saturated rings. The lowest BCUT2D eigenvalue weighted by atomic mass is 10.0. The SMILES string of the molecule is CC(C)C(N)c1ccc(I)nn1.N. The van der Waals surface area contributed by atoms with E-state index in [9.17, 15) is 0 Å². The summed E-state index contributed by atoms with van der Waals surface area (Å²) in [6.07, 6.45) is 0. The van der Waals surface area contributed by atoms with Crippen molar-refractivity contribution in [2.75, 3.05) is 0 Å². The van der Waals surface area contributed by atoms with Gasteiger partial charge in [-0.15, -0.1) is 5.10 Å². The Morgan fingerprint density at radius 2 is 1.92 bits per heavy atom. The Bertz CT molecular complexity index is 247. The van der Waals surface area contributed by atoms with Crippen molar-refractivity contribution >= 4 is 22.6 Å². The first-order chi connectivity index (χ1) is 5.61. The maximum absolute atomic E-state index is 5.88. The van der Waals surface area contributed by atoms with E-state index in [0.29, 0.717) is 5.92 Å². The first-order valence-electron chi connectivity index (χ1n) is 3.86. The Labute approximate surface area is 92.0 Å². The Hall–Kier alpha value is -0.270. The van der Waals surface area contributed by atoms with E-state index in [1.54, 1.807) is 0 Å². The van der Waals surface area contributed by atoms with E-state index in [1.807, 2.05) is 12.1 Å². The molecule has 0 aliphatic carbocycles. The molecule has 1 unspecified atom stereocenters. The molecule has 74 valence electrons. The van der Waals surface area contributed by atoms with Crippen LogP contribution in [0.3, 0.4) is 0 Å². The molecule has 5 heteroatoms. The highest BCUT2D eigenvalue weighted by Gasteiger charge is 2.11. The molecule has 0 aliphatic rings. The van der Waals surface area contributed by atoms with Crippen LogP contribution >= 0.6 is 22.6 Å². The minimum Gasteiger partial charge on any atom is -0.344 e. The van der Waals surface area contributed by atoms with Crippen molar-refractivity contribution in [3.8, 4) is 0 Å². The quantitative estimate of drug-likeness (QED) is 0.816. The highest BCUT2D eigenvalue weighted by Crippen LogP contribution is 2.15. The van der Waals surface area contributed by atoms with Gasteiger partial charge in [-0.2, -0.15) is 5.10 Å². The van der Waals surface area contributed by atoms with Gasteiger partial charge in [0.1, 0.15) is 3.70 Å². The molecule has 0 saturated heterocycles. The van der Waals surface area contributed by atoms with Gasteiger partial charge in [-0.3, -0.25) is 0 Å². The molecule has 1 aromatic rings. The second-order valence-corrected chi connectivity index (χ2v) is 4.16. The van der Waals surface area contributed by atoms with Crippen LogP contribution < -0.4 is 11.9 Å². The normalized spacial score (nSPS) is 12.4. The van der Waals surface area contributed by atoms with Crippen LogP contribution in [0.2, 0.25) is 0 Å². The van der Waals surface area contributed by atoms with Crippen LogP contribution in [-0.4, -0.2) is 10.2 Å². The molecule has 13 heavy (non-hydrogen) atoms. The second-order valence-electron chi connectivity index (χ2n) is 3.05. The van der Waals surface area contributed by atoms with Crippen molar-refractivity contribution in [1.82, 2.24) is 16.3 Å². The Morgan fingerprint density at radius 1 is 1.31 bits per heavy atom. The third kappa shape index (κ3) is 3.53. The van der Waals surface area contributed by atoms with E-state index in [-0.39, 0.29) is 12.2 Å². The largest absolute Gasteiger partial charge is 0.344 e. The number of hydrogen-bond donors (Lipinski definition) is 2. The summed E-state index contributed by atoms with van der Waals surface area (Å²) in [5, 5.41) is 7.96. The predicted molar refractivity (Wildman–Crippen MR) is 61.5 cm³/mol. The third-order valence-corrected chi connectivity index (χ3v) is 2.29. The zero-order chi connectivity index (χ0) is 9.14. The molecule has 1 heterocycles. The van der Waals surface area contributed by atoms with Crippen molar-refractivity contribution in [3.63, 3.8) is 0 Å². The maximum atomic E-state index is 5.88. The highest BCUT2D eigenvalue weighted by molar-refractivity contribution is 14.1. The van der Waals surface area contributed by atoms with E-state index >= 15 is 0 Å². The zero-order valence-electron chi connectivity index (χ0n) is 7.87. The van der Waals surface area contributed by atoms with Gasteiger partial charge in [-0.05, 0) is 40.6 Å². The summed E-state index contributed by atoms with van der Waals surface area (Å²) in [6.45, 7) is 4.15. The molecule has 0 spiro atoms. The molecule has 0 bridgehead atoms. The molecule has 1 rings (SSSR count). The molecule has 0 aromatic carbocycles. The van der Waals surface area contributed by atoms with Gasteiger partial charge in [-0.25, -0.2) is 0 Å². The number of nitrogens with two attached hydrogens (primary N) is 1. The second kappa shape index (κ2) is 5.46. The zero-order valence-corrected chi connectivity index (χ0v) is 10.0. The summed E-state index contributed by atoms with van der Waals surface area (Å²) in [7, 11) is 0. The summed E-state index contributed by atoms with van der Waals surface area (Å²) in [4.78, 5) is 0. The van der Waals surface area contributed by atoms with Crippen LogP contribution in [0.5, 0.6) is 0 Å². The van der Waals surface area contributed by atoms with Gasteiger partial charge in [0.15, 0.2) is 0 Å². The van der Waals surface area contributed by atoms with E-state index < -0.39 is 0 Å². The van der Waals surface area contributed by atoms with Gasteiger partial charge in [0.25, 0.3) is 0 Å². The average Bonchev–Trinajstić information content (AvgIpc) is 2.04. The first kappa shape index (κ1) is 12.7. The number of hydrogen-bond acceptors (Lipinski definition) is 4. The van der Waals surface area contributed by atoms with E-state index in [0.717, 1.165) is 9.39 Å². The molecule has 0 aliphatic heterocycles. The van der Waals surface area contributed by atoms with Gasteiger partial charge >= 0.3 is 0 Å². The van der Waals surface area contributed by atoms with Gasteiger partial charge in [-0.1, -0.05) is 13.8 Å². The monoisotopic (exact) mass is 294 g/mol. The Morgan fingerprint density at radius 3 is 2.31 bits per heavy atom. The van der Waals surface area contributed by atoms with E-state index in [1.165, 1.54) is 0 Å². The highest BCUT2D eigenvalue weighted by atomic mass is 127. The lowest BCUT2D eigenvalue weighted by molar-refractivity contribution is 0.497. The predicted octanol–water partition coefficient (Wildman–Crippen LogP) is 1.90. The van der Waals surface area contributed by atoms with Crippen molar-refractivity contribution in [2.24, 2.45) is 11.7 Å². The Balaban J connectivity index is 0.00000144. The Kier molecular flexibility index (Phi) is 5.34. The third-order valence-electron chi connectivity index (χ3n) is 1.71. The lowest BCUT2D eigenvalue weighted by Gasteiger charge is -2.13. The van der Waals surface area contributed by atoms with Crippen LogP contribution in [0.25, 0.3) is 0 Å². The summed E-state index contributed by atoms with van der Waals surface area (Å²) in [5.74, 6) is 0.402. The summed E-state index contributed by atoms with van der Waals surface area (Å²) in [6, 6.07) is 3.85. The van der Waals surface area contributed by atoms with Crippen LogP contribution in [0.15, 0.2) is 12.1 Å². The summed E-state index contributed by atoms with van der Waals surface area (Å²) < 4.78 is 0.896. The van der Waals surface area contributed by atoms with Gasteiger partial charge in [0, 0.05) is 0 Å². The number of aromatic nitrogens is 2. The van der Waals surface area contributed by atoms with Gasteiger partial charge in [0.2, 0.25) is 0 Å². The molecule has 1 aromatic heterocycles. The first-order valence-corrected chi connectivity index (χ1v) is 4.94. The fourth-order valence-corrected chi connectivity index (χ4v) is 1.13. The molecule has 0 radical (unpaired) electrons. The van der Waals surface area contributed by atoms with Crippen molar-refractivity contribution < 1.29 is 0 Å². The average molecular weight is 294 g/mol. The van der Waals surface area contributed by atoms with E-state index in [2.05, 4.69) is 46.6 Å². The number of halogens is 1. The number of rotatable bonds is 2. The van der Waals surface area contributed by atoms with Crippen LogP contribution in [0, 0.1) is 9.62 Å². The van der Waals surface area contributed by atoms with Crippen molar-refractivity contribution in [2.45, 2.75) is 19.9 Å². The molecule has 0 saturated carbocycles. The molecule has 4 nitrogen and oxygen atoms in total. The van der Waals surface area contributed by atoms with Gasteiger partial charge in [0.05, 0.1) is 11.7 Å². The maximum Gasteiger partial charge on any atom is 0.124 e. The minimum absolute atomic E-state index is 0. The topological polar surface area (TPSA) is 86.8 Å². The lowest BCUT2D eigenvalue weighted by Crippen LogP contribution is -2.18. The van der Waals surface area contributed by atoms with Crippen molar-refractivity contribution in [1.29, 1.82) is 0 Å². The molecule has 0 amide bonds. The molecular formula is C8H15IN4. The fraction of sp³-hybridized carbons (Fsp3) is 0.500. The number of nitrogens with zero attached hydrogens (tertiary/aromatic N) is 2. The van der Waals surface area contributed by atoms with Crippen LogP contribution in [0.4, 0.5) is 0 Å². The van der Waals surface area contributed by atoms with Crippen molar-refractivity contribution in [3.05, 3.63) is 21.5 Å². The fourth-order valence-electron chi connectivity index (χ4n) is 0.846. The van der Waals surface area contributed by atoms with E-state index in [4.69, 9.17) is 5.73 Å². The van der Waals surface area contributed by atoms with Crippen LogP contribution in [0.1, 0.15) is 25.6 Å². The summed E-state index contributed by atoms with van der Waals surface area (Å²) >= 11 is 2.12. The standard InChI is InChI=1S/C8H12IN3.H3N/c1-5(2)8(10)6-3-4-7(9)12-11-6;/h3-5,8H,10H2,1-2H3;1H3. The molecule has 1 atom stereocenters. The molecule has 5 N–H and O–H groups in total. The van der Waals surface area contributed by atoms with Crippen LogP contribution in [-0.2, 0) is 0 Å². The molecular weight excluding hydrogens is 279 g/mol.